The monoisotopic (exact) mass is 368 g/mol. The highest BCUT2D eigenvalue weighted by Crippen LogP contribution is 2.32. The van der Waals surface area contributed by atoms with Gasteiger partial charge in [-0.3, -0.25) is 14.5 Å². The Bertz CT molecular complexity index is 760. The molecule has 7 nitrogen and oxygen atoms in total. The van der Waals surface area contributed by atoms with Crippen molar-refractivity contribution in [2.24, 2.45) is 11.3 Å². The van der Waals surface area contributed by atoms with E-state index in [2.05, 4.69) is 32.4 Å². The number of carbonyl (C=O) groups is 1. The molecular weight excluding hydrogens is 340 g/mol. The van der Waals surface area contributed by atoms with E-state index in [1.807, 2.05) is 23.0 Å². The zero-order valence-electron chi connectivity index (χ0n) is 16.0. The molecule has 2 aliphatic rings. The van der Waals surface area contributed by atoms with Crippen molar-refractivity contribution in [1.29, 1.82) is 0 Å². The third kappa shape index (κ3) is 4.03. The Morgan fingerprint density at radius 2 is 2.07 bits per heavy atom. The van der Waals surface area contributed by atoms with Crippen LogP contribution < -0.4 is 5.32 Å². The number of carbonyl (C=O) groups excluding carboxylic acids is 1. The Kier molecular flexibility index (Phi) is 5.20. The second kappa shape index (κ2) is 7.76. The molecule has 27 heavy (non-hydrogen) atoms. The third-order valence-corrected chi connectivity index (χ3v) is 6.07. The number of pyridine rings is 1. The summed E-state index contributed by atoms with van der Waals surface area (Å²) in [5.41, 5.74) is 1.66. The van der Waals surface area contributed by atoms with E-state index in [1.165, 1.54) is 0 Å². The van der Waals surface area contributed by atoms with Gasteiger partial charge in [-0.15, -0.1) is 5.10 Å². The smallest absolute Gasteiger partial charge is 0.228 e. The van der Waals surface area contributed by atoms with Gasteiger partial charge in [0.2, 0.25) is 5.91 Å². The maximum Gasteiger partial charge on any atom is 0.228 e. The predicted octanol–water partition coefficient (Wildman–Crippen LogP) is 1.97. The van der Waals surface area contributed by atoms with Gasteiger partial charge in [-0.2, -0.15) is 0 Å². The van der Waals surface area contributed by atoms with E-state index in [0.29, 0.717) is 11.8 Å². The van der Waals surface area contributed by atoms with Crippen LogP contribution in [0.3, 0.4) is 0 Å². The first-order valence-corrected chi connectivity index (χ1v) is 9.95. The van der Waals surface area contributed by atoms with Crippen molar-refractivity contribution >= 4 is 5.91 Å². The van der Waals surface area contributed by atoms with Gasteiger partial charge in [0.25, 0.3) is 0 Å². The van der Waals surface area contributed by atoms with Gasteiger partial charge < -0.3 is 10.2 Å². The van der Waals surface area contributed by atoms with E-state index in [4.69, 9.17) is 0 Å². The standard InChI is InChI=1S/C20H28N6O/c1-20(6-9-21-10-7-20)19(27)25-11-4-16(5-12-25)14-26-15-18(23-24-26)17-3-2-8-22-13-17/h2-3,8,13,15-16,21H,4-7,9-12,14H2,1H3. The summed E-state index contributed by atoms with van der Waals surface area (Å²) in [5, 5.41) is 11.9. The first kappa shape index (κ1) is 18.1. The van der Waals surface area contributed by atoms with Gasteiger partial charge in [0.1, 0.15) is 5.69 Å². The summed E-state index contributed by atoms with van der Waals surface area (Å²) < 4.78 is 1.93. The molecule has 0 unspecified atom stereocenters. The fourth-order valence-corrected chi connectivity index (χ4v) is 4.19. The quantitative estimate of drug-likeness (QED) is 0.893. The molecule has 0 saturated carbocycles. The molecule has 0 aromatic carbocycles. The Labute approximate surface area is 160 Å². The summed E-state index contributed by atoms with van der Waals surface area (Å²) in [5.74, 6) is 0.889. The van der Waals surface area contributed by atoms with Crippen LogP contribution in [0, 0.1) is 11.3 Å². The van der Waals surface area contributed by atoms with Gasteiger partial charge in [-0.25, -0.2) is 0 Å². The molecule has 0 aliphatic carbocycles. The Hall–Kier alpha value is -2.28. The molecule has 2 saturated heterocycles. The predicted molar refractivity (Wildman–Crippen MR) is 103 cm³/mol. The summed E-state index contributed by atoms with van der Waals surface area (Å²) in [6, 6.07) is 3.90. The van der Waals surface area contributed by atoms with Crippen molar-refractivity contribution in [2.45, 2.75) is 39.2 Å². The second-order valence-corrected chi connectivity index (χ2v) is 8.11. The Morgan fingerprint density at radius 1 is 1.30 bits per heavy atom. The van der Waals surface area contributed by atoms with Crippen molar-refractivity contribution in [3.05, 3.63) is 30.7 Å². The number of nitrogens with zero attached hydrogens (tertiary/aromatic N) is 5. The Morgan fingerprint density at radius 3 is 2.78 bits per heavy atom. The molecule has 2 aromatic heterocycles. The molecule has 4 rings (SSSR count). The highest BCUT2D eigenvalue weighted by Gasteiger charge is 2.38. The topological polar surface area (TPSA) is 75.9 Å². The lowest BCUT2D eigenvalue weighted by molar-refractivity contribution is -0.144. The lowest BCUT2D eigenvalue weighted by Crippen LogP contribution is -2.50. The van der Waals surface area contributed by atoms with Crippen LogP contribution in [0.2, 0.25) is 0 Å². The van der Waals surface area contributed by atoms with Crippen LogP contribution in [0.15, 0.2) is 30.7 Å². The van der Waals surface area contributed by atoms with E-state index in [-0.39, 0.29) is 5.41 Å². The second-order valence-electron chi connectivity index (χ2n) is 8.11. The third-order valence-electron chi connectivity index (χ3n) is 6.07. The van der Waals surface area contributed by atoms with E-state index in [0.717, 1.165) is 69.7 Å². The van der Waals surface area contributed by atoms with Gasteiger partial charge in [-0.1, -0.05) is 12.1 Å². The highest BCUT2D eigenvalue weighted by atomic mass is 16.2. The molecule has 0 radical (unpaired) electrons. The molecule has 2 fully saturated rings. The minimum absolute atomic E-state index is 0.178. The minimum atomic E-state index is -0.178. The van der Waals surface area contributed by atoms with E-state index in [9.17, 15) is 4.79 Å². The first-order chi connectivity index (χ1) is 13.1. The summed E-state index contributed by atoms with van der Waals surface area (Å²) in [4.78, 5) is 19.2. The van der Waals surface area contributed by atoms with E-state index >= 15 is 0 Å². The zero-order chi connectivity index (χ0) is 18.7. The fraction of sp³-hybridized carbons (Fsp3) is 0.600. The summed E-state index contributed by atoms with van der Waals surface area (Å²) in [6.07, 6.45) is 9.51. The van der Waals surface area contributed by atoms with Gasteiger partial charge in [-0.05, 0) is 56.8 Å². The van der Waals surface area contributed by atoms with Crippen LogP contribution in [0.4, 0.5) is 0 Å². The van der Waals surface area contributed by atoms with Gasteiger partial charge in [0.05, 0.1) is 6.20 Å². The SMILES string of the molecule is CC1(C(=O)N2CCC(Cn3cc(-c4cccnc4)nn3)CC2)CCNCC1. The molecule has 2 aromatic rings. The molecule has 4 heterocycles. The number of hydrogen-bond donors (Lipinski definition) is 1. The number of rotatable bonds is 4. The lowest BCUT2D eigenvalue weighted by Gasteiger charge is -2.40. The molecule has 144 valence electrons. The number of hydrogen-bond acceptors (Lipinski definition) is 5. The van der Waals surface area contributed by atoms with E-state index in [1.54, 1.807) is 12.4 Å². The number of piperidine rings is 2. The van der Waals surface area contributed by atoms with Crippen molar-refractivity contribution < 1.29 is 4.79 Å². The molecule has 1 amide bonds. The largest absolute Gasteiger partial charge is 0.342 e. The molecule has 0 atom stereocenters. The van der Waals surface area contributed by atoms with Gasteiger partial charge in [0.15, 0.2) is 0 Å². The molecule has 1 N–H and O–H groups in total. The summed E-state index contributed by atoms with van der Waals surface area (Å²) in [6.45, 7) is 6.61. The van der Waals surface area contributed by atoms with Crippen molar-refractivity contribution in [1.82, 2.24) is 30.2 Å². The van der Waals surface area contributed by atoms with Crippen molar-refractivity contribution in [3.8, 4) is 11.3 Å². The first-order valence-electron chi connectivity index (χ1n) is 9.95. The number of aromatic nitrogens is 4. The summed E-state index contributed by atoms with van der Waals surface area (Å²) >= 11 is 0. The zero-order valence-corrected chi connectivity index (χ0v) is 16.0. The van der Waals surface area contributed by atoms with Crippen LogP contribution >= 0.6 is 0 Å². The van der Waals surface area contributed by atoms with Crippen LogP contribution in [-0.2, 0) is 11.3 Å². The molecule has 7 heteroatoms. The maximum atomic E-state index is 13.0. The number of likely N-dealkylation sites (tertiary alicyclic amines) is 1. The van der Waals surface area contributed by atoms with Crippen LogP contribution in [-0.4, -0.2) is 57.0 Å². The van der Waals surface area contributed by atoms with Crippen molar-refractivity contribution in [3.63, 3.8) is 0 Å². The van der Waals surface area contributed by atoms with Gasteiger partial charge in [0, 0.05) is 43.0 Å². The molecular formula is C20H28N6O. The van der Waals surface area contributed by atoms with E-state index < -0.39 is 0 Å². The molecule has 2 aliphatic heterocycles. The minimum Gasteiger partial charge on any atom is -0.342 e. The Balaban J connectivity index is 1.31. The molecule has 0 spiro atoms. The number of nitrogens with one attached hydrogen (secondary N) is 1. The highest BCUT2D eigenvalue weighted by molar-refractivity contribution is 5.82. The lowest BCUT2D eigenvalue weighted by atomic mass is 9.79. The van der Waals surface area contributed by atoms with Crippen LogP contribution in [0.1, 0.15) is 32.6 Å². The molecule has 0 bridgehead atoms. The van der Waals surface area contributed by atoms with Crippen LogP contribution in [0.5, 0.6) is 0 Å². The maximum absolute atomic E-state index is 13.0. The van der Waals surface area contributed by atoms with Crippen molar-refractivity contribution in [2.75, 3.05) is 26.2 Å². The number of amides is 1. The van der Waals surface area contributed by atoms with Gasteiger partial charge >= 0.3 is 0 Å². The average Bonchev–Trinajstić information content (AvgIpc) is 3.18. The normalized spacial score (nSPS) is 20.6. The fourth-order valence-electron chi connectivity index (χ4n) is 4.19. The van der Waals surface area contributed by atoms with Crippen LogP contribution in [0.25, 0.3) is 11.3 Å². The summed E-state index contributed by atoms with van der Waals surface area (Å²) in [7, 11) is 0. The average molecular weight is 368 g/mol.